The van der Waals surface area contributed by atoms with Gasteiger partial charge in [-0.05, 0) is 24.3 Å². The number of hydrogen-bond donors (Lipinski definition) is 1. The zero-order chi connectivity index (χ0) is 14.1. The van der Waals surface area contributed by atoms with Crippen molar-refractivity contribution in [1.29, 1.82) is 0 Å². The molecule has 1 aromatic carbocycles. The number of fused-ring (bicyclic) bond motifs is 1. The van der Waals surface area contributed by atoms with Gasteiger partial charge in [0.1, 0.15) is 11.6 Å². The Hall–Kier alpha value is -1.86. The number of nitrogens with one attached hydrogen (secondary N) is 1. The SMILES string of the molecule is O=C(C[C@@H]1Sc2ncnn2C1=O)Nc1ccc(Cl)cc1. The van der Waals surface area contributed by atoms with E-state index in [-0.39, 0.29) is 18.2 Å². The van der Waals surface area contributed by atoms with Crippen molar-refractivity contribution in [1.82, 2.24) is 14.8 Å². The molecule has 2 aromatic rings. The molecule has 3 rings (SSSR count). The number of halogens is 1. The molecule has 0 saturated carbocycles. The van der Waals surface area contributed by atoms with Gasteiger partial charge >= 0.3 is 0 Å². The maximum atomic E-state index is 11.9. The zero-order valence-corrected chi connectivity index (χ0v) is 11.7. The van der Waals surface area contributed by atoms with Crippen molar-refractivity contribution < 1.29 is 9.59 Å². The third-order valence-corrected chi connectivity index (χ3v) is 4.14. The fourth-order valence-corrected chi connectivity index (χ4v) is 2.98. The number of amides is 1. The van der Waals surface area contributed by atoms with Crippen molar-refractivity contribution in [3.8, 4) is 0 Å². The minimum atomic E-state index is -0.474. The smallest absolute Gasteiger partial charge is 0.263 e. The first-order valence-electron chi connectivity index (χ1n) is 5.80. The second-order valence-electron chi connectivity index (χ2n) is 4.16. The van der Waals surface area contributed by atoms with Gasteiger partial charge in [0.2, 0.25) is 5.91 Å². The predicted molar refractivity (Wildman–Crippen MR) is 75.0 cm³/mol. The van der Waals surface area contributed by atoms with Crippen LogP contribution in [0.25, 0.3) is 0 Å². The van der Waals surface area contributed by atoms with Crippen LogP contribution in [0.2, 0.25) is 5.02 Å². The van der Waals surface area contributed by atoms with E-state index in [0.717, 1.165) is 0 Å². The molecule has 0 aliphatic carbocycles. The summed E-state index contributed by atoms with van der Waals surface area (Å²) in [6.45, 7) is 0. The highest BCUT2D eigenvalue weighted by Crippen LogP contribution is 2.31. The molecule has 20 heavy (non-hydrogen) atoms. The topological polar surface area (TPSA) is 76.9 Å². The Morgan fingerprint density at radius 2 is 2.15 bits per heavy atom. The lowest BCUT2D eigenvalue weighted by molar-refractivity contribution is -0.116. The van der Waals surface area contributed by atoms with Crippen LogP contribution >= 0.6 is 23.4 Å². The van der Waals surface area contributed by atoms with E-state index in [1.54, 1.807) is 24.3 Å². The quantitative estimate of drug-likeness (QED) is 0.939. The van der Waals surface area contributed by atoms with E-state index in [1.807, 2.05) is 0 Å². The lowest BCUT2D eigenvalue weighted by Gasteiger charge is -2.07. The molecule has 1 aliphatic heterocycles. The predicted octanol–water partition coefficient (Wildman–Crippen LogP) is 2.07. The summed E-state index contributed by atoms with van der Waals surface area (Å²) in [6.07, 6.45) is 1.40. The number of carbonyl (C=O) groups excluding carboxylic acids is 2. The Labute approximate surface area is 123 Å². The summed E-state index contributed by atoms with van der Waals surface area (Å²) >= 11 is 7.02. The summed E-state index contributed by atoms with van der Waals surface area (Å²) in [5.41, 5.74) is 0.644. The molecule has 1 atom stereocenters. The van der Waals surface area contributed by atoms with Crippen molar-refractivity contribution in [3.63, 3.8) is 0 Å². The Balaban J connectivity index is 1.62. The fourth-order valence-electron chi connectivity index (χ4n) is 1.82. The van der Waals surface area contributed by atoms with Gasteiger partial charge in [0.05, 0.1) is 0 Å². The van der Waals surface area contributed by atoms with Gasteiger partial charge < -0.3 is 5.32 Å². The summed E-state index contributed by atoms with van der Waals surface area (Å²) in [7, 11) is 0. The summed E-state index contributed by atoms with van der Waals surface area (Å²) in [5.74, 6) is -0.447. The second-order valence-corrected chi connectivity index (χ2v) is 5.76. The zero-order valence-electron chi connectivity index (χ0n) is 10.1. The van der Waals surface area contributed by atoms with Gasteiger partial charge in [0.25, 0.3) is 5.91 Å². The number of nitrogens with zero attached hydrogens (tertiary/aromatic N) is 3. The van der Waals surface area contributed by atoms with Gasteiger partial charge in [0.15, 0.2) is 5.16 Å². The molecule has 0 fully saturated rings. The van der Waals surface area contributed by atoms with Crippen molar-refractivity contribution in [2.45, 2.75) is 16.8 Å². The van der Waals surface area contributed by atoms with Crippen molar-refractivity contribution in [2.24, 2.45) is 0 Å². The average Bonchev–Trinajstić information content (AvgIpc) is 2.97. The van der Waals surface area contributed by atoms with Gasteiger partial charge in [-0.1, -0.05) is 23.4 Å². The summed E-state index contributed by atoms with van der Waals surface area (Å²) < 4.78 is 1.23. The number of hydrogen-bond acceptors (Lipinski definition) is 5. The lowest BCUT2D eigenvalue weighted by atomic mass is 10.2. The van der Waals surface area contributed by atoms with Gasteiger partial charge in [-0.2, -0.15) is 9.78 Å². The molecular weight excluding hydrogens is 300 g/mol. The van der Waals surface area contributed by atoms with Crippen molar-refractivity contribution in [2.75, 3.05) is 5.32 Å². The van der Waals surface area contributed by atoms with Crippen molar-refractivity contribution in [3.05, 3.63) is 35.6 Å². The summed E-state index contributed by atoms with van der Waals surface area (Å²) in [6, 6.07) is 6.78. The molecule has 0 bridgehead atoms. The second kappa shape index (κ2) is 5.26. The minimum absolute atomic E-state index is 0.0805. The van der Waals surface area contributed by atoms with E-state index in [1.165, 1.54) is 22.8 Å². The standard InChI is InChI=1S/C12H9ClN4O2S/c13-7-1-3-8(4-2-7)16-10(18)5-9-11(19)17-12(20-9)14-6-15-17/h1-4,6,9H,5H2,(H,16,18)/t9-/m0/s1. The summed E-state index contributed by atoms with van der Waals surface area (Å²) in [4.78, 5) is 27.8. The Bertz CT molecular complexity index is 670. The molecule has 1 amide bonds. The van der Waals surface area contributed by atoms with Crippen LogP contribution in [0.4, 0.5) is 5.69 Å². The first-order valence-corrected chi connectivity index (χ1v) is 7.05. The third-order valence-electron chi connectivity index (χ3n) is 2.75. The number of rotatable bonds is 3. The first-order chi connectivity index (χ1) is 9.63. The third kappa shape index (κ3) is 2.54. The highest BCUT2D eigenvalue weighted by Gasteiger charge is 2.34. The molecule has 0 spiro atoms. The number of benzene rings is 1. The Morgan fingerprint density at radius 3 is 2.85 bits per heavy atom. The van der Waals surface area contributed by atoms with Crippen LogP contribution in [-0.2, 0) is 4.79 Å². The molecule has 1 aromatic heterocycles. The number of anilines is 1. The number of carbonyl (C=O) groups is 2. The molecule has 2 heterocycles. The normalized spacial score (nSPS) is 17.1. The number of thioether (sulfide) groups is 1. The van der Waals surface area contributed by atoms with Crippen LogP contribution in [0.3, 0.4) is 0 Å². The van der Waals surface area contributed by atoms with Gasteiger partial charge in [-0.3, -0.25) is 9.59 Å². The molecular formula is C12H9ClN4O2S. The molecule has 1 aliphatic rings. The molecule has 8 heteroatoms. The fraction of sp³-hybridized carbons (Fsp3) is 0.167. The average molecular weight is 309 g/mol. The lowest BCUT2D eigenvalue weighted by Crippen LogP contribution is -2.24. The van der Waals surface area contributed by atoms with E-state index < -0.39 is 5.25 Å². The van der Waals surface area contributed by atoms with Gasteiger partial charge in [-0.25, -0.2) is 4.98 Å². The highest BCUT2D eigenvalue weighted by molar-refractivity contribution is 8.00. The number of aromatic nitrogens is 3. The molecule has 6 nitrogen and oxygen atoms in total. The largest absolute Gasteiger partial charge is 0.326 e. The highest BCUT2D eigenvalue weighted by atomic mass is 35.5. The van der Waals surface area contributed by atoms with E-state index in [2.05, 4.69) is 15.4 Å². The maximum absolute atomic E-state index is 11.9. The van der Waals surface area contributed by atoms with Crippen LogP contribution in [0.15, 0.2) is 35.7 Å². The van der Waals surface area contributed by atoms with E-state index in [0.29, 0.717) is 15.9 Å². The molecule has 0 radical (unpaired) electrons. The molecule has 1 N–H and O–H groups in total. The monoisotopic (exact) mass is 308 g/mol. The van der Waals surface area contributed by atoms with Gasteiger partial charge in [-0.15, -0.1) is 0 Å². The molecule has 0 unspecified atom stereocenters. The Morgan fingerprint density at radius 1 is 1.40 bits per heavy atom. The van der Waals surface area contributed by atoms with E-state index in [4.69, 9.17) is 11.6 Å². The van der Waals surface area contributed by atoms with Crippen LogP contribution in [0, 0.1) is 0 Å². The van der Waals surface area contributed by atoms with Gasteiger partial charge in [0, 0.05) is 17.1 Å². The first kappa shape index (κ1) is 13.1. The van der Waals surface area contributed by atoms with Crippen LogP contribution < -0.4 is 5.32 Å². The molecule has 0 saturated heterocycles. The summed E-state index contributed by atoms with van der Waals surface area (Å²) in [5, 5.41) is 7.19. The van der Waals surface area contributed by atoms with Crippen LogP contribution in [-0.4, -0.2) is 31.8 Å². The van der Waals surface area contributed by atoms with Crippen LogP contribution in [0.5, 0.6) is 0 Å². The minimum Gasteiger partial charge on any atom is -0.326 e. The van der Waals surface area contributed by atoms with E-state index >= 15 is 0 Å². The Kier molecular flexibility index (Phi) is 3.45. The van der Waals surface area contributed by atoms with Crippen LogP contribution in [0.1, 0.15) is 11.2 Å². The van der Waals surface area contributed by atoms with E-state index in [9.17, 15) is 9.59 Å². The molecule has 102 valence electrons. The maximum Gasteiger partial charge on any atom is 0.263 e. The van der Waals surface area contributed by atoms with Crippen molar-refractivity contribution >= 4 is 40.9 Å².